The van der Waals surface area contributed by atoms with Crippen molar-refractivity contribution in [3.63, 3.8) is 0 Å². The highest BCUT2D eigenvalue weighted by molar-refractivity contribution is 6.09. The van der Waals surface area contributed by atoms with Crippen molar-refractivity contribution in [2.75, 3.05) is 4.90 Å². The molecule has 0 radical (unpaired) electrons. The normalized spacial score (nSPS) is 14.0. The Morgan fingerprint density at radius 1 is 0.875 bits per heavy atom. The van der Waals surface area contributed by atoms with Gasteiger partial charge in [0, 0.05) is 11.3 Å². The van der Waals surface area contributed by atoms with Gasteiger partial charge < -0.3 is 4.90 Å². The van der Waals surface area contributed by atoms with Gasteiger partial charge in [0.2, 0.25) is 0 Å². The van der Waals surface area contributed by atoms with Crippen LogP contribution in [0.15, 0.2) is 54.6 Å². The molecular formula is C14H11NO. The van der Waals surface area contributed by atoms with Gasteiger partial charge in [-0.3, -0.25) is 4.79 Å². The number of nitrogens with zero attached hydrogens (tertiary/aromatic N) is 1. The number of carbonyl (C=O) groups is 1. The van der Waals surface area contributed by atoms with E-state index in [1.54, 1.807) is 0 Å². The fourth-order valence-electron chi connectivity index (χ4n) is 2.07. The van der Waals surface area contributed by atoms with Crippen molar-refractivity contribution in [1.29, 1.82) is 0 Å². The maximum absolute atomic E-state index is 12.1. The van der Waals surface area contributed by atoms with Crippen LogP contribution >= 0.6 is 0 Å². The van der Waals surface area contributed by atoms with Gasteiger partial charge in [-0.05, 0) is 23.8 Å². The molecule has 0 spiro atoms. The van der Waals surface area contributed by atoms with Crippen molar-refractivity contribution >= 4 is 11.6 Å². The number of anilines is 1. The zero-order valence-corrected chi connectivity index (χ0v) is 8.76. The Kier molecular flexibility index (Phi) is 2.00. The molecule has 2 nitrogen and oxygen atoms in total. The lowest BCUT2D eigenvalue weighted by Crippen LogP contribution is -2.22. The highest BCUT2D eigenvalue weighted by Gasteiger charge is 2.27. The molecule has 0 atom stereocenters. The second kappa shape index (κ2) is 3.49. The van der Waals surface area contributed by atoms with Crippen LogP contribution in [0.3, 0.4) is 0 Å². The van der Waals surface area contributed by atoms with Gasteiger partial charge in [0.1, 0.15) is 0 Å². The first kappa shape index (κ1) is 9.16. The standard InChI is InChI=1S/C14H11NO/c16-14-13-9-5-4-6-11(13)10-15(14)12-7-2-1-3-8-12/h1-9H,10H2. The Balaban J connectivity index is 2.02. The van der Waals surface area contributed by atoms with Crippen LogP contribution in [0.4, 0.5) is 5.69 Å². The van der Waals surface area contributed by atoms with Crippen LogP contribution in [-0.4, -0.2) is 5.91 Å². The smallest absolute Gasteiger partial charge is 0.258 e. The van der Waals surface area contributed by atoms with Crippen molar-refractivity contribution in [3.05, 3.63) is 65.7 Å². The molecule has 0 saturated heterocycles. The summed E-state index contributed by atoms with van der Waals surface area (Å²) in [5, 5.41) is 0. The summed E-state index contributed by atoms with van der Waals surface area (Å²) in [5.41, 5.74) is 2.89. The Bertz CT molecular complexity index is 533. The molecule has 2 aromatic carbocycles. The molecule has 1 aliphatic rings. The number of para-hydroxylation sites is 1. The second-order valence-corrected chi connectivity index (χ2v) is 3.88. The van der Waals surface area contributed by atoms with E-state index >= 15 is 0 Å². The third-order valence-corrected chi connectivity index (χ3v) is 2.89. The summed E-state index contributed by atoms with van der Waals surface area (Å²) in [5.74, 6) is 0.0989. The molecule has 0 N–H and O–H groups in total. The predicted octanol–water partition coefficient (Wildman–Crippen LogP) is 2.85. The number of benzene rings is 2. The van der Waals surface area contributed by atoms with Gasteiger partial charge in [-0.2, -0.15) is 0 Å². The molecule has 3 rings (SSSR count). The summed E-state index contributed by atoms with van der Waals surface area (Å²) in [7, 11) is 0. The lowest BCUT2D eigenvalue weighted by Gasteiger charge is -2.15. The van der Waals surface area contributed by atoms with E-state index in [-0.39, 0.29) is 5.91 Å². The van der Waals surface area contributed by atoms with Crippen molar-refractivity contribution in [1.82, 2.24) is 0 Å². The molecule has 2 aromatic rings. The van der Waals surface area contributed by atoms with E-state index in [2.05, 4.69) is 0 Å². The zero-order chi connectivity index (χ0) is 11.0. The summed E-state index contributed by atoms with van der Waals surface area (Å²) in [4.78, 5) is 13.9. The van der Waals surface area contributed by atoms with Gasteiger partial charge in [-0.15, -0.1) is 0 Å². The predicted molar refractivity (Wildman–Crippen MR) is 63.4 cm³/mol. The van der Waals surface area contributed by atoms with Gasteiger partial charge in [-0.25, -0.2) is 0 Å². The van der Waals surface area contributed by atoms with E-state index in [1.165, 1.54) is 0 Å². The highest BCUT2D eigenvalue weighted by atomic mass is 16.2. The number of hydrogen-bond donors (Lipinski definition) is 0. The number of rotatable bonds is 1. The summed E-state index contributed by atoms with van der Waals surface area (Å²) in [6, 6.07) is 17.6. The van der Waals surface area contributed by atoms with E-state index in [0.717, 1.165) is 16.8 Å². The Morgan fingerprint density at radius 3 is 2.31 bits per heavy atom. The van der Waals surface area contributed by atoms with Crippen molar-refractivity contribution in [2.24, 2.45) is 0 Å². The molecule has 1 heterocycles. The van der Waals surface area contributed by atoms with Crippen molar-refractivity contribution in [3.8, 4) is 0 Å². The maximum Gasteiger partial charge on any atom is 0.258 e. The van der Waals surface area contributed by atoms with Crippen LogP contribution in [0, 0.1) is 0 Å². The van der Waals surface area contributed by atoms with Crippen LogP contribution in [-0.2, 0) is 6.54 Å². The van der Waals surface area contributed by atoms with Crippen molar-refractivity contribution in [2.45, 2.75) is 6.54 Å². The maximum atomic E-state index is 12.1. The minimum absolute atomic E-state index is 0.0989. The average molecular weight is 209 g/mol. The third-order valence-electron chi connectivity index (χ3n) is 2.89. The van der Waals surface area contributed by atoms with E-state index in [0.29, 0.717) is 6.54 Å². The summed E-state index contributed by atoms with van der Waals surface area (Å²) >= 11 is 0. The Labute approximate surface area is 94.1 Å². The van der Waals surface area contributed by atoms with E-state index < -0.39 is 0 Å². The fraction of sp³-hybridized carbons (Fsp3) is 0.0714. The first-order chi connectivity index (χ1) is 7.86. The van der Waals surface area contributed by atoms with Gasteiger partial charge in [0.15, 0.2) is 0 Å². The number of hydrogen-bond acceptors (Lipinski definition) is 1. The molecule has 0 aliphatic carbocycles. The van der Waals surface area contributed by atoms with Gasteiger partial charge >= 0.3 is 0 Å². The summed E-state index contributed by atoms with van der Waals surface area (Å²) in [6.45, 7) is 0.680. The van der Waals surface area contributed by atoms with Crippen LogP contribution < -0.4 is 4.90 Å². The minimum atomic E-state index is 0.0989. The SMILES string of the molecule is O=C1c2ccccc2CN1c1ccccc1. The van der Waals surface area contributed by atoms with Gasteiger partial charge in [-0.1, -0.05) is 36.4 Å². The molecule has 1 aliphatic heterocycles. The average Bonchev–Trinajstić information content (AvgIpc) is 2.69. The van der Waals surface area contributed by atoms with Gasteiger partial charge in [0.05, 0.1) is 6.54 Å². The first-order valence-corrected chi connectivity index (χ1v) is 5.31. The molecule has 0 saturated carbocycles. The van der Waals surface area contributed by atoms with Crippen LogP contribution in [0.5, 0.6) is 0 Å². The topological polar surface area (TPSA) is 20.3 Å². The second-order valence-electron chi connectivity index (χ2n) is 3.88. The minimum Gasteiger partial charge on any atom is -0.304 e. The van der Waals surface area contributed by atoms with Crippen molar-refractivity contribution < 1.29 is 4.79 Å². The molecule has 0 bridgehead atoms. The first-order valence-electron chi connectivity index (χ1n) is 5.31. The Morgan fingerprint density at radius 2 is 1.56 bits per heavy atom. The lowest BCUT2D eigenvalue weighted by molar-refractivity contribution is 0.0996. The van der Waals surface area contributed by atoms with Crippen LogP contribution in [0.1, 0.15) is 15.9 Å². The molecule has 0 fully saturated rings. The number of amides is 1. The molecule has 78 valence electrons. The zero-order valence-electron chi connectivity index (χ0n) is 8.76. The van der Waals surface area contributed by atoms with E-state index in [9.17, 15) is 4.79 Å². The molecule has 1 amide bonds. The molecular weight excluding hydrogens is 198 g/mol. The highest BCUT2D eigenvalue weighted by Crippen LogP contribution is 2.27. The molecule has 0 aromatic heterocycles. The fourth-order valence-corrected chi connectivity index (χ4v) is 2.07. The largest absolute Gasteiger partial charge is 0.304 e. The lowest BCUT2D eigenvalue weighted by atomic mass is 10.1. The number of fused-ring (bicyclic) bond motifs is 1. The van der Waals surface area contributed by atoms with Crippen LogP contribution in [0.25, 0.3) is 0 Å². The van der Waals surface area contributed by atoms with Crippen LogP contribution in [0.2, 0.25) is 0 Å². The molecule has 16 heavy (non-hydrogen) atoms. The van der Waals surface area contributed by atoms with E-state index in [1.807, 2.05) is 59.5 Å². The quantitative estimate of drug-likeness (QED) is 0.707. The van der Waals surface area contributed by atoms with Gasteiger partial charge in [0.25, 0.3) is 5.91 Å². The Hall–Kier alpha value is -2.09. The summed E-state index contributed by atoms with van der Waals surface area (Å²) < 4.78 is 0. The monoisotopic (exact) mass is 209 g/mol. The third kappa shape index (κ3) is 1.31. The number of carbonyl (C=O) groups excluding carboxylic acids is 1. The van der Waals surface area contributed by atoms with E-state index in [4.69, 9.17) is 0 Å². The molecule has 2 heteroatoms. The summed E-state index contributed by atoms with van der Waals surface area (Å²) in [6.07, 6.45) is 0. The molecule has 0 unspecified atom stereocenters.